The number of amides is 1. The van der Waals surface area contributed by atoms with E-state index >= 15 is 0 Å². The minimum atomic E-state index is -0.250. The van der Waals surface area contributed by atoms with Crippen molar-refractivity contribution in [2.24, 2.45) is 0 Å². The molecule has 9 nitrogen and oxygen atoms in total. The molecule has 35 heavy (non-hydrogen) atoms. The average molecular weight is 475 g/mol. The van der Waals surface area contributed by atoms with Crippen LogP contribution in [0.15, 0.2) is 45.5 Å². The van der Waals surface area contributed by atoms with Gasteiger partial charge in [-0.3, -0.25) is 14.2 Å². The first-order valence-corrected chi connectivity index (χ1v) is 12.3. The maximum atomic E-state index is 13.6. The summed E-state index contributed by atoms with van der Waals surface area (Å²) in [6, 6.07) is 5.93. The van der Waals surface area contributed by atoms with E-state index in [9.17, 15) is 9.59 Å². The minimum absolute atomic E-state index is 0.0452. The Morgan fingerprint density at radius 2 is 2.14 bits per heavy atom. The van der Waals surface area contributed by atoms with Gasteiger partial charge >= 0.3 is 0 Å². The van der Waals surface area contributed by atoms with Gasteiger partial charge in [0.1, 0.15) is 24.1 Å². The van der Waals surface area contributed by atoms with Crippen LogP contribution in [0.4, 0.5) is 0 Å². The molecule has 0 unspecified atom stereocenters. The molecule has 3 aromatic heterocycles. The fourth-order valence-corrected chi connectivity index (χ4v) is 4.73. The molecule has 0 saturated carbocycles. The van der Waals surface area contributed by atoms with Crippen LogP contribution in [0.3, 0.4) is 0 Å². The van der Waals surface area contributed by atoms with Gasteiger partial charge in [0.2, 0.25) is 11.8 Å². The molecule has 1 aromatic carbocycles. The number of rotatable bonds is 8. The third-order valence-corrected chi connectivity index (χ3v) is 6.57. The summed E-state index contributed by atoms with van der Waals surface area (Å²) in [6.07, 6.45) is 10.0. The number of nitrogens with zero attached hydrogens (tertiary/aromatic N) is 5. The van der Waals surface area contributed by atoms with Crippen LogP contribution in [0.25, 0.3) is 21.9 Å². The molecular weight excluding hydrogens is 444 g/mol. The van der Waals surface area contributed by atoms with Crippen molar-refractivity contribution in [2.45, 2.75) is 65.5 Å². The van der Waals surface area contributed by atoms with Gasteiger partial charge in [0, 0.05) is 18.4 Å². The lowest BCUT2D eigenvalue weighted by atomic mass is 9.97. The van der Waals surface area contributed by atoms with E-state index in [1.165, 1.54) is 29.3 Å². The predicted molar refractivity (Wildman–Crippen MR) is 133 cm³/mol. The van der Waals surface area contributed by atoms with E-state index in [1.807, 2.05) is 32.0 Å². The van der Waals surface area contributed by atoms with Crippen LogP contribution in [-0.4, -0.2) is 36.7 Å². The highest BCUT2D eigenvalue weighted by Gasteiger charge is 2.19. The Balaban J connectivity index is 1.46. The number of benzene rings is 1. The zero-order chi connectivity index (χ0) is 24.4. The summed E-state index contributed by atoms with van der Waals surface area (Å²) in [6.45, 7) is 4.70. The van der Waals surface area contributed by atoms with Gasteiger partial charge in [-0.15, -0.1) is 0 Å². The quantitative estimate of drug-likeness (QED) is 0.391. The topological polar surface area (TPSA) is 108 Å². The number of hydrogen-bond donors (Lipinski definition) is 1. The predicted octanol–water partition coefficient (Wildman–Crippen LogP) is 3.66. The van der Waals surface area contributed by atoms with Crippen LogP contribution >= 0.6 is 0 Å². The van der Waals surface area contributed by atoms with Gasteiger partial charge in [0.15, 0.2) is 5.82 Å². The molecule has 9 heteroatoms. The van der Waals surface area contributed by atoms with E-state index in [-0.39, 0.29) is 24.6 Å². The largest absolute Gasteiger partial charge is 0.354 e. The SMILES string of the molecule is CCc1noc(Cn2cnc3c4cc(C)ccc4n(CC(=O)NCCC4=CCCCC4)c3c2=O)n1. The molecule has 3 heterocycles. The Kier molecular flexibility index (Phi) is 6.48. The lowest BCUT2D eigenvalue weighted by molar-refractivity contribution is -0.121. The van der Waals surface area contributed by atoms with E-state index in [2.05, 4.69) is 26.5 Å². The Morgan fingerprint density at radius 1 is 1.26 bits per heavy atom. The molecule has 1 N–H and O–H groups in total. The highest BCUT2D eigenvalue weighted by molar-refractivity contribution is 6.06. The highest BCUT2D eigenvalue weighted by atomic mass is 16.5. The molecule has 0 saturated heterocycles. The summed E-state index contributed by atoms with van der Waals surface area (Å²) in [5.41, 5.74) is 4.02. The molecule has 0 aliphatic heterocycles. The van der Waals surface area contributed by atoms with Gasteiger partial charge in [-0.2, -0.15) is 4.98 Å². The van der Waals surface area contributed by atoms with E-state index in [1.54, 1.807) is 4.57 Å². The number of carbonyl (C=O) groups is 1. The molecule has 0 spiro atoms. The molecule has 182 valence electrons. The summed E-state index contributed by atoms with van der Waals surface area (Å²) < 4.78 is 8.49. The first kappa shape index (κ1) is 23.0. The van der Waals surface area contributed by atoms with Crippen molar-refractivity contribution in [3.63, 3.8) is 0 Å². The smallest absolute Gasteiger partial charge is 0.278 e. The van der Waals surface area contributed by atoms with Crippen LogP contribution in [0, 0.1) is 6.92 Å². The Labute approximate surface area is 202 Å². The normalized spacial score (nSPS) is 13.9. The fourth-order valence-electron chi connectivity index (χ4n) is 4.73. The number of aromatic nitrogens is 5. The van der Waals surface area contributed by atoms with Gasteiger partial charge in [-0.1, -0.05) is 35.4 Å². The number of carbonyl (C=O) groups excluding carboxylic acids is 1. The summed E-state index contributed by atoms with van der Waals surface area (Å²) in [5, 5.41) is 7.79. The van der Waals surface area contributed by atoms with Crippen LogP contribution in [-0.2, 0) is 24.3 Å². The summed E-state index contributed by atoms with van der Waals surface area (Å²) >= 11 is 0. The number of nitrogens with one attached hydrogen (secondary N) is 1. The first-order valence-electron chi connectivity index (χ1n) is 12.3. The van der Waals surface area contributed by atoms with Gasteiger partial charge in [-0.05, 0) is 51.2 Å². The Bertz CT molecular complexity index is 1480. The molecule has 1 aliphatic carbocycles. The summed E-state index contributed by atoms with van der Waals surface area (Å²) in [7, 11) is 0. The van der Waals surface area contributed by atoms with Crippen molar-refractivity contribution in [2.75, 3.05) is 6.54 Å². The van der Waals surface area contributed by atoms with Crippen LogP contribution in [0.1, 0.15) is 56.3 Å². The fraction of sp³-hybridized carbons (Fsp3) is 0.423. The van der Waals surface area contributed by atoms with Crippen molar-refractivity contribution in [3.8, 4) is 0 Å². The van der Waals surface area contributed by atoms with Crippen molar-refractivity contribution in [1.29, 1.82) is 0 Å². The van der Waals surface area contributed by atoms with E-state index in [0.29, 0.717) is 35.7 Å². The second kappa shape index (κ2) is 9.85. The van der Waals surface area contributed by atoms with Crippen molar-refractivity contribution >= 4 is 27.8 Å². The van der Waals surface area contributed by atoms with E-state index < -0.39 is 0 Å². The third-order valence-electron chi connectivity index (χ3n) is 6.57. The number of fused-ring (bicyclic) bond motifs is 3. The monoisotopic (exact) mass is 474 g/mol. The van der Waals surface area contributed by atoms with Gasteiger partial charge in [-0.25, -0.2) is 4.98 Å². The zero-order valence-electron chi connectivity index (χ0n) is 20.2. The molecule has 0 fully saturated rings. The summed E-state index contributed by atoms with van der Waals surface area (Å²) in [4.78, 5) is 35.4. The van der Waals surface area contributed by atoms with Gasteiger partial charge in [0.25, 0.3) is 5.56 Å². The van der Waals surface area contributed by atoms with Crippen LogP contribution in [0.2, 0.25) is 0 Å². The first-order chi connectivity index (χ1) is 17.0. The van der Waals surface area contributed by atoms with Crippen molar-refractivity contribution in [3.05, 3.63) is 63.8 Å². The molecular formula is C26H30N6O3. The standard InChI is InChI=1S/C26H30N6O3/c1-3-21-29-23(35-30-21)15-31-16-28-24-19-13-17(2)9-10-20(19)32(25(24)26(31)34)14-22(33)27-12-11-18-7-5-4-6-8-18/h7,9-10,13,16H,3-6,8,11-12,14-15H2,1-2H3,(H,27,33). The van der Waals surface area contributed by atoms with Crippen molar-refractivity contribution < 1.29 is 9.32 Å². The van der Waals surface area contributed by atoms with Crippen LogP contribution in [0.5, 0.6) is 0 Å². The molecule has 4 aromatic rings. The molecule has 1 aliphatic rings. The second-order valence-electron chi connectivity index (χ2n) is 9.15. The zero-order valence-corrected chi connectivity index (χ0v) is 20.2. The average Bonchev–Trinajstić information content (AvgIpc) is 3.44. The minimum Gasteiger partial charge on any atom is -0.354 e. The lowest BCUT2D eigenvalue weighted by Gasteiger charge is -2.13. The molecule has 1 amide bonds. The molecule has 5 rings (SSSR count). The Morgan fingerprint density at radius 3 is 2.91 bits per heavy atom. The van der Waals surface area contributed by atoms with Crippen LogP contribution < -0.4 is 10.9 Å². The third kappa shape index (κ3) is 4.76. The van der Waals surface area contributed by atoms with Gasteiger partial charge < -0.3 is 14.4 Å². The second-order valence-corrected chi connectivity index (χ2v) is 9.15. The number of hydrogen-bond acceptors (Lipinski definition) is 6. The number of allylic oxidation sites excluding steroid dienone is 1. The molecule has 0 bridgehead atoms. The van der Waals surface area contributed by atoms with Crippen molar-refractivity contribution in [1.82, 2.24) is 29.6 Å². The highest BCUT2D eigenvalue weighted by Crippen LogP contribution is 2.26. The molecule has 0 atom stereocenters. The Hall–Kier alpha value is -3.75. The van der Waals surface area contributed by atoms with Gasteiger partial charge in [0.05, 0.1) is 11.8 Å². The lowest BCUT2D eigenvalue weighted by Crippen LogP contribution is -2.30. The van der Waals surface area contributed by atoms with E-state index in [4.69, 9.17) is 4.52 Å². The maximum Gasteiger partial charge on any atom is 0.278 e. The maximum absolute atomic E-state index is 13.6. The number of aryl methyl sites for hydroxylation is 2. The van der Waals surface area contributed by atoms with E-state index in [0.717, 1.165) is 35.7 Å². The molecule has 0 radical (unpaired) electrons. The summed E-state index contributed by atoms with van der Waals surface area (Å²) in [5.74, 6) is 0.811.